The largest absolute Gasteiger partial charge is 0.465 e. The Morgan fingerprint density at radius 2 is 2.33 bits per heavy atom. The first-order valence-corrected chi connectivity index (χ1v) is 8.96. The molecule has 10 heteroatoms. The minimum Gasteiger partial charge on any atom is -0.465 e. The lowest BCUT2D eigenvalue weighted by atomic mass is 10.3. The average molecular weight is 380 g/mol. The molecule has 0 bridgehead atoms. The molecule has 24 heavy (non-hydrogen) atoms. The van der Waals surface area contributed by atoms with Gasteiger partial charge in [-0.1, -0.05) is 35.3 Å². The van der Waals surface area contributed by atoms with Crippen LogP contribution in [0.15, 0.2) is 27.7 Å². The number of thioether (sulfide) groups is 1. The molecule has 2 aromatic rings. The van der Waals surface area contributed by atoms with Crippen LogP contribution >= 0.6 is 35.3 Å². The maximum atomic E-state index is 12.4. The molecular weight excluding hydrogens is 368 g/mol. The summed E-state index contributed by atoms with van der Waals surface area (Å²) in [5.41, 5.74) is 0. The summed E-state index contributed by atoms with van der Waals surface area (Å²) in [5.74, 6) is 0.121. The van der Waals surface area contributed by atoms with Gasteiger partial charge in [-0.15, -0.1) is 10.2 Å². The molecule has 0 saturated carbocycles. The highest BCUT2D eigenvalue weighted by Crippen LogP contribution is 2.32. The van der Waals surface area contributed by atoms with Crippen molar-refractivity contribution in [3.05, 3.63) is 34.1 Å². The SMILES string of the molecule is Cc1nnc(NC(=O)CCN2C(=O)/C(=C\c3ccco3)SC2=S)s1. The molecule has 3 rings (SSSR count). The predicted molar refractivity (Wildman–Crippen MR) is 96.5 cm³/mol. The van der Waals surface area contributed by atoms with Crippen molar-refractivity contribution in [3.8, 4) is 0 Å². The summed E-state index contributed by atoms with van der Waals surface area (Å²) >= 11 is 7.71. The van der Waals surface area contributed by atoms with Crippen molar-refractivity contribution in [2.45, 2.75) is 13.3 Å². The van der Waals surface area contributed by atoms with Gasteiger partial charge < -0.3 is 9.73 Å². The summed E-state index contributed by atoms with van der Waals surface area (Å²) in [6.07, 6.45) is 3.30. The van der Waals surface area contributed by atoms with Gasteiger partial charge in [0.15, 0.2) is 0 Å². The second kappa shape index (κ2) is 7.24. The van der Waals surface area contributed by atoms with Gasteiger partial charge in [0.05, 0.1) is 11.2 Å². The van der Waals surface area contributed by atoms with E-state index < -0.39 is 0 Å². The van der Waals surface area contributed by atoms with E-state index in [2.05, 4.69) is 15.5 Å². The summed E-state index contributed by atoms with van der Waals surface area (Å²) in [4.78, 5) is 26.2. The molecule has 7 nitrogen and oxygen atoms in total. The number of thiocarbonyl (C=S) groups is 1. The Morgan fingerprint density at radius 1 is 1.50 bits per heavy atom. The van der Waals surface area contributed by atoms with Crippen LogP contribution < -0.4 is 5.32 Å². The number of hydrogen-bond donors (Lipinski definition) is 1. The Hall–Kier alpha value is -2.04. The zero-order chi connectivity index (χ0) is 17.1. The second-order valence-corrected chi connectivity index (χ2v) is 7.63. The van der Waals surface area contributed by atoms with Crippen LogP contribution in [0, 0.1) is 6.92 Å². The molecule has 2 aromatic heterocycles. The van der Waals surface area contributed by atoms with E-state index in [4.69, 9.17) is 16.6 Å². The van der Waals surface area contributed by atoms with E-state index in [1.807, 2.05) is 0 Å². The van der Waals surface area contributed by atoms with E-state index in [-0.39, 0.29) is 24.8 Å². The summed E-state index contributed by atoms with van der Waals surface area (Å²) in [6, 6.07) is 3.50. The minimum absolute atomic E-state index is 0.124. The van der Waals surface area contributed by atoms with Gasteiger partial charge in [0.25, 0.3) is 5.91 Å². The van der Waals surface area contributed by atoms with Gasteiger partial charge in [0.2, 0.25) is 11.0 Å². The number of carbonyl (C=O) groups is 2. The van der Waals surface area contributed by atoms with E-state index in [9.17, 15) is 9.59 Å². The molecule has 1 N–H and O–H groups in total. The van der Waals surface area contributed by atoms with Crippen LogP contribution in [0.4, 0.5) is 5.13 Å². The monoisotopic (exact) mass is 380 g/mol. The first-order valence-electron chi connectivity index (χ1n) is 6.92. The highest BCUT2D eigenvalue weighted by Gasteiger charge is 2.32. The maximum absolute atomic E-state index is 12.4. The zero-order valence-corrected chi connectivity index (χ0v) is 15.0. The highest BCUT2D eigenvalue weighted by molar-refractivity contribution is 8.26. The van der Waals surface area contributed by atoms with Crippen LogP contribution in [0.5, 0.6) is 0 Å². The summed E-state index contributed by atoms with van der Waals surface area (Å²) in [7, 11) is 0. The average Bonchev–Trinajstić information content (AvgIpc) is 3.23. The van der Waals surface area contributed by atoms with Gasteiger partial charge in [-0.05, 0) is 19.1 Å². The van der Waals surface area contributed by atoms with Crippen LogP contribution in [-0.4, -0.2) is 37.8 Å². The Morgan fingerprint density at radius 3 is 3.00 bits per heavy atom. The topological polar surface area (TPSA) is 88.3 Å². The molecular formula is C14H12N4O3S3. The molecule has 0 spiro atoms. The molecule has 0 unspecified atom stereocenters. The molecule has 124 valence electrons. The molecule has 0 atom stereocenters. The van der Waals surface area contributed by atoms with Crippen molar-refractivity contribution in [2.75, 3.05) is 11.9 Å². The molecule has 1 aliphatic heterocycles. The summed E-state index contributed by atoms with van der Waals surface area (Å²) in [5, 5.41) is 11.5. The summed E-state index contributed by atoms with van der Waals surface area (Å²) in [6.45, 7) is 2.02. The number of carbonyl (C=O) groups excluding carboxylic acids is 2. The second-order valence-electron chi connectivity index (χ2n) is 4.77. The van der Waals surface area contributed by atoms with Crippen molar-refractivity contribution >= 4 is 62.7 Å². The van der Waals surface area contributed by atoms with Crippen LogP contribution in [0.3, 0.4) is 0 Å². The van der Waals surface area contributed by atoms with Crippen molar-refractivity contribution in [1.82, 2.24) is 15.1 Å². The standard InChI is InChI=1S/C14H12N4O3S3/c1-8-16-17-13(23-8)15-11(19)4-5-18-12(20)10(24-14(18)22)7-9-3-2-6-21-9/h2-3,6-7H,4-5H2,1H3,(H,15,17,19)/b10-7+. The first kappa shape index (κ1) is 16.8. The number of aryl methyl sites for hydroxylation is 1. The van der Waals surface area contributed by atoms with Gasteiger partial charge in [-0.3, -0.25) is 14.5 Å². The Balaban J connectivity index is 1.58. The van der Waals surface area contributed by atoms with E-state index >= 15 is 0 Å². The Kier molecular flexibility index (Phi) is 5.07. The van der Waals surface area contributed by atoms with Crippen LogP contribution in [0.25, 0.3) is 6.08 Å². The van der Waals surface area contributed by atoms with E-state index in [1.165, 1.54) is 34.3 Å². The summed E-state index contributed by atoms with van der Waals surface area (Å²) < 4.78 is 5.63. The van der Waals surface area contributed by atoms with Gasteiger partial charge in [-0.25, -0.2) is 0 Å². The van der Waals surface area contributed by atoms with Crippen LogP contribution in [-0.2, 0) is 9.59 Å². The molecule has 1 aliphatic rings. The fourth-order valence-electron chi connectivity index (χ4n) is 1.94. The lowest BCUT2D eigenvalue weighted by molar-refractivity contribution is -0.122. The third-order valence-corrected chi connectivity index (χ3v) is 5.16. The smallest absolute Gasteiger partial charge is 0.266 e. The molecule has 2 amide bonds. The van der Waals surface area contributed by atoms with Crippen molar-refractivity contribution in [1.29, 1.82) is 0 Å². The normalized spacial score (nSPS) is 16.2. The Labute approximate surface area is 151 Å². The van der Waals surface area contributed by atoms with E-state index in [0.717, 1.165) is 5.01 Å². The van der Waals surface area contributed by atoms with E-state index in [1.54, 1.807) is 25.1 Å². The van der Waals surface area contributed by atoms with Crippen molar-refractivity contribution in [2.24, 2.45) is 0 Å². The lowest BCUT2D eigenvalue weighted by Gasteiger charge is -2.13. The van der Waals surface area contributed by atoms with Gasteiger partial charge in [0, 0.05) is 19.0 Å². The number of nitrogens with zero attached hydrogens (tertiary/aromatic N) is 3. The molecule has 1 saturated heterocycles. The third-order valence-electron chi connectivity index (χ3n) is 3.02. The zero-order valence-electron chi connectivity index (χ0n) is 12.5. The number of furan rings is 1. The van der Waals surface area contributed by atoms with Crippen molar-refractivity contribution in [3.63, 3.8) is 0 Å². The number of amides is 2. The number of rotatable bonds is 5. The van der Waals surface area contributed by atoms with Crippen LogP contribution in [0.1, 0.15) is 17.2 Å². The fourth-order valence-corrected chi connectivity index (χ4v) is 3.83. The first-order chi connectivity index (χ1) is 11.5. The highest BCUT2D eigenvalue weighted by atomic mass is 32.2. The number of hydrogen-bond acceptors (Lipinski definition) is 8. The molecule has 3 heterocycles. The predicted octanol–water partition coefficient (Wildman–Crippen LogP) is 2.67. The fraction of sp³-hybridized carbons (Fsp3) is 0.214. The van der Waals surface area contributed by atoms with E-state index in [0.29, 0.717) is 20.1 Å². The molecule has 0 aliphatic carbocycles. The quantitative estimate of drug-likeness (QED) is 0.630. The minimum atomic E-state index is -0.241. The number of aromatic nitrogens is 2. The molecule has 1 fully saturated rings. The lowest BCUT2D eigenvalue weighted by Crippen LogP contribution is -2.31. The molecule has 0 radical (unpaired) electrons. The van der Waals surface area contributed by atoms with Gasteiger partial charge in [-0.2, -0.15) is 0 Å². The number of nitrogens with one attached hydrogen (secondary N) is 1. The number of anilines is 1. The van der Waals surface area contributed by atoms with Gasteiger partial charge in [0.1, 0.15) is 15.1 Å². The maximum Gasteiger partial charge on any atom is 0.266 e. The van der Waals surface area contributed by atoms with Crippen molar-refractivity contribution < 1.29 is 14.0 Å². The van der Waals surface area contributed by atoms with Gasteiger partial charge >= 0.3 is 0 Å². The molecule has 0 aromatic carbocycles. The Bertz CT molecular complexity index is 813. The third kappa shape index (κ3) is 3.89. The van der Waals surface area contributed by atoms with Crippen LogP contribution in [0.2, 0.25) is 0 Å².